The van der Waals surface area contributed by atoms with Crippen LogP contribution in [-0.2, 0) is 22.6 Å². The van der Waals surface area contributed by atoms with E-state index in [-0.39, 0.29) is 29.7 Å². The second kappa shape index (κ2) is 12.5. The quantitative estimate of drug-likeness (QED) is 0.300. The van der Waals surface area contributed by atoms with E-state index in [9.17, 15) is 26.4 Å². The smallest absolute Gasteiger partial charge is 0.423 e. The Labute approximate surface area is 241 Å². The summed E-state index contributed by atoms with van der Waals surface area (Å²) in [7, 11) is 1.41. The van der Waals surface area contributed by atoms with Gasteiger partial charge in [0.2, 0.25) is 21.9 Å². The maximum absolute atomic E-state index is 13.9. The van der Waals surface area contributed by atoms with Crippen LogP contribution in [0, 0.1) is 0 Å². The van der Waals surface area contributed by atoms with Crippen LogP contribution in [0.4, 0.5) is 24.8 Å². The van der Waals surface area contributed by atoms with Crippen molar-refractivity contribution in [2.24, 2.45) is 0 Å². The number of hydrogen-bond acceptors (Lipinski definition) is 9. The summed E-state index contributed by atoms with van der Waals surface area (Å²) in [4.78, 5) is 22.2. The Bertz CT molecular complexity index is 1550. The molecule has 2 aromatic carbocycles. The van der Waals surface area contributed by atoms with Crippen LogP contribution in [0.5, 0.6) is 11.6 Å². The minimum absolute atomic E-state index is 0.152. The van der Waals surface area contributed by atoms with E-state index in [0.29, 0.717) is 30.4 Å². The normalized spacial score (nSPS) is 16.7. The third-order valence-corrected chi connectivity index (χ3v) is 7.08. The van der Waals surface area contributed by atoms with Gasteiger partial charge in [-0.2, -0.15) is 18.2 Å². The molecule has 0 fully saturated rings. The van der Waals surface area contributed by atoms with Gasteiger partial charge in [0.1, 0.15) is 17.4 Å². The van der Waals surface area contributed by atoms with Crippen LogP contribution >= 0.6 is 0 Å². The summed E-state index contributed by atoms with van der Waals surface area (Å²) in [6.45, 7) is 1.08. The maximum atomic E-state index is 13.9. The number of carbonyl (C=O) groups is 1. The molecule has 42 heavy (non-hydrogen) atoms. The van der Waals surface area contributed by atoms with Gasteiger partial charge in [-0.1, -0.05) is 24.3 Å². The van der Waals surface area contributed by atoms with Gasteiger partial charge in [0, 0.05) is 31.3 Å². The Kier molecular flexibility index (Phi) is 9.23. The fourth-order valence-electron chi connectivity index (χ4n) is 4.44. The van der Waals surface area contributed by atoms with E-state index in [1.807, 2.05) is 19.0 Å². The van der Waals surface area contributed by atoms with Gasteiger partial charge in [-0.25, -0.2) is 18.1 Å². The fourth-order valence-corrected chi connectivity index (χ4v) is 5.18. The van der Waals surface area contributed by atoms with Crippen molar-refractivity contribution in [2.75, 3.05) is 45.9 Å². The number of ether oxygens (including phenoxy) is 2. The molecule has 0 radical (unpaired) electrons. The second-order valence-electron chi connectivity index (χ2n) is 9.94. The first kappa shape index (κ1) is 31.0. The van der Waals surface area contributed by atoms with E-state index in [0.717, 1.165) is 11.8 Å². The molecule has 1 heterocycles. The highest BCUT2D eigenvalue weighted by Crippen LogP contribution is 2.40. The standard InChI is InChI=1S/C27H31F3N6O5S/c1-36(2)12-11-31-24(37)17-9-10-20(21(14-17)40-3)33-26-32-15-19(27(28,29)30)25(34-26)41-22-13-16-7-5-6-8-18(16)23(22)35-42(4,38)39/h5-10,14-15,22-23,35H,11-13H2,1-4H3,(H,31,37)(H,32,33,34)/t22-,23-/m1/s1. The average Bonchev–Trinajstić information content (AvgIpc) is 3.23. The number of halogens is 3. The molecule has 1 amide bonds. The molecule has 3 aromatic rings. The molecule has 0 saturated heterocycles. The monoisotopic (exact) mass is 608 g/mol. The van der Waals surface area contributed by atoms with Crippen molar-refractivity contribution in [3.8, 4) is 11.6 Å². The first-order valence-electron chi connectivity index (χ1n) is 12.8. The number of sulfonamides is 1. The van der Waals surface area contributed by atoms with Gasteiger partial charge in [0.25, 0.3) is 5.91 Å². The number of amides is 1. The van der Waals surface area contributed by atoms with E-state index in [1.165, 1.54) is 25.3 Å². The molecule has 226 valence electrons. The number of fused-ring (bicyclic) bond motifs is 1. The molecular formula is C27H31F3N6O5S. The second-order valence-corrected chi connectivity index (χ2v) is 11.7. The van der Waals surface area contributed by atoms with Gasteiger partial charge < -0.3 is 25.0 Å². The summed E-state index contributed by atoms with van der Waals surface area (Å²) in [5.74, 6) is -1.10. The summed E-state index contributed by atoms with van der Waals surface area (Å²) in [5, 5.41) is 5.60. The molecule has 1 aliphatic carbocycles. The van der Waals surface area contributed by atoms with Gasteiger partial charge in [0.15, 0.2) is 0 Å². The number of aromatic nitrogens is 2. The number of rotatable bonds is 11. The Morgan fingerprint density at radius 2 is 1.90 bits per heavy atom. The van der Waals surface area contributed by atoms with E-state index in [1.54, 1.807) is 24.3 Å². The van der Waals surface area contributed by atoms with Crippen LogP contribution in [-0.4, -0.2) is 75.8 Å². The van der Waals surface area contributed by atoms with Crippen molar-refractivity contribution < 1.29 is 35.9 Å². The van der Waals surface area contributed by atoms with E-state index in [4.69, 9.17) is 9.47 Å². The van der Waals surface area contributed by atoms with Gasteiger partial charge in [-0.15, -0.1) is 0 Å². The number of likely N-dealkylation sites (N-methyl/N-ethyl adjacent to an activating group) is 1. The molecule has 15 heteroatoms. The number of carbonyl (C=O) groups excluding carboxylic acids is 1. The van der Waals surface area contributed by atoms with E-state index in [2.05, 4.69) is 25.3 Å². The lowest BCUT2D eigenvalue weighted by molar-refractivity contribution is -0.140. The van der Waals surface area contributed by atoms with Crippen molar-refractivity contribution in [3.05, 3.63) is 70.9 Å². The largest absolute Gasteiger partial charge is 0.495 e. The zero-order chi connectivity index (χ0) is 30.7. The highest BCUT2D eigenvalue weighted by atomic mass is 32.2. The van der Waals surface area contributed by atoms with Crippen molar-refractivity contribution in [3.63, 3.8) is 0 Å². The maximum Gasteiger partial charge on any atom is 0.423 e. The van der Waals surface area contributed by atoms with Crippen LogP contribution in [0.25, 0.3) is 0 Å². The van der Waals surface area contributed by atoms with Gasteiger partial charge >= 0.3 is 6.18 Å². The van der Waals surface area contributed by atoms with Gasteiger partial charge in [-0.3, -0.25) is 4.79 Å². The zero-order valence-electron chi connectivity index (χ0n) is 23.3. The van der Waals surface area contributed by atoms with Crippen molar-refractivity contribution in [1.29, 1.82) is 0 Å². The van der Waals surface area contributed by atoms with E-state index < -0.39 is 39.8 Å². The van der Waals surface area contributed by atoms with Crippen molar-refractivity contribution >= 4 is 27.6 Å². The minimum atomic E-state index is -4.85. The molecular weight excluding hydrogens is 577 g/mol. The average molecular weight is 609 g/mol. The summed E-state index contributed by atoms with van der Waals surface area (Å²) in [6, 6.07) is 10.5. The van der Waals surface area contributed by atoms with Crippen molar-refractivity contribution in [1.82, 2.24) is 24.9 Å². The van der Waals surface area contributed by atoms with Gasteiger partial charge in [0.05, 0.1) is 25.1 Å². The van der Waals surface area contributed by atoms with Crippen LogP contribution < -0.4 is 24.8 Å². The predicted octanol–water partition coefficient (Wildman–Crippen LogP) is 3.13. The molecule has 0 spiro atoms. The number of nitrogens with one attached hydrogen (secondary N) is 3. The molecule has 4 rings (SSSR count). The van der Waals surface area contributed by atoms with Crippen LogP contribution in [0.1, 0.15) is 33.1 Å². The Balaban J connectivity index is 1.61. The fraction of sp³-hybridized carbons (Fsp3) is 0.370. The molecule has 1 aliphatic rings. The van der Waals surface area contributed by atoms with Crippen molar-refractivity contribution in [2.45, 2.75) is 24.7 Å². The first-order valence-corrected chi connectivity index (χ1v) is 14.7. The number of anilines is 2. The van der Waals surface area contributed by atoms with Crippen LogP contribution in [0.15, 0.2) is 48.7 Å². The summed E-state index contributed by atoms with van der Waals surface area (Å²) in [6.07, 6.45) is -4.16. The molecule has 0 unspecified atom stereocenters. The topological polar surface area (TPSA) is 135 Å². The number of alkyl halides is 3. The molecule has 0 bridgehead atoms. The Morgan fingerprint density at radius 3 is 2.57 bits per heavy atom. The Morgan fingerprint density at radius 1 is 1.17 bits per heavy atom. The predicted molar refractivity (Wildman–Crippen MR) is 149 cm³/mol. The lowest BCUT2D eigenvalue weighted by Crippen LogP contribution is -2.36. The third kappa shape index (κ3) is 7.66. The zero-order valence-corrected chi connectivity index (χ0v) is 24.1. The summed E-state index contributed by atoms with van der Waals surface area (Å²) >= 11 is 0. The highest BCUT2D eigenvalue weighted by Gasteiger charge is 2.40. The molecule has 3 N–H and O–H groups in total. The molecule has 0 aliphatic heterocycles. The first-order chi connectivity index (χ1) is 19.7. The SMILES string of the molecule is COc1cc(C(=O)NCCN(C)C)ccc1Nc1ncc(C(F)(F)F)c(O[C@@H]2Cc3ccccc3[C@H]2NS(C)(=O)=O)n1. The number of hydrogen-bond donors (Lipinski definition) is 3. The lowest BCUT2D eigenvalue weighted by atomic mass is 10.1. The number of nitrogens with zero attached hydrogens (tertiary/aromatic N) is 3. The van der Waals surface area contributed by atoms with E-state index >= 15 is 0 Å². The lowest BCUT2D eigenvalue weighted by Gasteiger charge is -2.23. The molecule has 11 nitrogen and oxygen atoms in total. The highest BCUT2D eigenvalue weighted by molar-refractivity contribution is 7.88. The summed E-state index contributed by atoms with van der Waals surface area (Å²) < 4.78 is 79.5. The molecule has 2 atom stereocenters. The summed E-state index contributed by atoms with van der Waals surface area (Å²) in [5.41, 5.74) is 0.722. The molecule has 0 saturated carbocycles. The number of benzene rings is 2. The Hall–Kier alpha value is -3.95. The molecule has 1 aromatic heterocycles. The third-order valence-electron chi connectivity index (χ3n) is 6.40. The van der Waals surface area contributed by atoms with Crippen LogP contribution in [0.2, 0.25) is 0 Å². The van der Waals surface area contributed by atoms with Crippen LogP contribution in [0.3, 0.4) is 0 Å². The van der Waals surface area contributed by atoms with Gasteiger partial charge in [-0.05, 0) is 43.4 Å². The minimum Gasteiger partial charge on any atom is -0.495 e. The number of methoxy groups -OCH3 is 1.